The Bertz CT molecular complexity index is 824. The van der Waals surface area contributed by atoms with E-state index in [9.17, 15) is 18.4 Å². The predicted molar refractivity (Wildman–Crippen MR) is 101 cm³/mol. The van der Waals surface area contributed by atoms with Gasteiger partial charge in [-0.3, -0.25) is 9.59 Å². The SMILES string of the molecule is CN1CCC(NC(=O)c2ccc(N3CC(F)(F)C3)c(OCC3CC3)n2)(C(N)=O)C1. The highest BCUT2D eigenvalue weighted by Crippen LogP contribution is 2.38. The second kappa shape index (κ2) is 7.08. The number of rotatable bonds is 7. The lowest BCUT2D eigenvalue weighted by Crippen LogP contribution is -2.59. The van der Waals surface area contributed by atoms with Gasteiger partial charge in [-0.05, 0) is 44.4 Å². The molecule has 2 aliphatic heterocycles. The summed E-state index contributed by atoms with van der Waals surface area (Å²) in [4.78, 5) is 32.5. The Hall–Kier alpha value is -2.49. The summed E-state index contributed by atoms with van der Waals surface area (Å²) in [6, 6.07) is 3.02. The number of anilines is 1. The van der Waals surface area contributed by atoms with E-state index in [0.717, 1.165) is 12.8 Å². The Morgan fingerprint density at radius 2 is 2.03 bits per heavy atom. The lowest BCUT2D eigenvalue weighted by Gasteiger charge is -2.40. The van der Waals surface area contributed by atoms with Crippen molar-refractivity contribution < 1.29 is 23.1 Å². The molecule has 158 valence electrons. The van der Waals surface area contributed by atoms with Crippen LogP contribution in [0.25, 0.3) is 0 Å². The fraction of sp³-hybridized carbons (Fsp3) is 0.632. The van der Waals surface area contributed by atoms with Gasteiger partial charge in [-0.1, -0.05) is 0 Å². The summed E-state index contributed by atoms with van der Waals surface area (Å²) in [5.74, 6) is -3.27. The lowest BCUT2D eigenvalue weighted by molar-refractivity contribution is -0.123. The fourth-order valence-corrected chi connectivity index (χ4v) is 3.72. The quantitative estimate of drug-likeness (QED) is 0.685. The number of carbonyl (C=O) groups excluding carboxylic acids is 2. The van der Waals surface area contributed by atoms with Crippen LogP contribution >= 0.6 is 0 Å². The van der Waals surface area contributed by atoms with Crippen molar-refractivity contribution in [1.82, 2.24) is 15.2 Å². The maximum Gasteiger partial charge on any atom is 0.282 e. The van der Waals surface area contributed by atoms with E-state index in [0.29, 0.717) is 37.7 Å². The van der Waals surface area contributed by atoms with Crippen LogP contribution in [0.1, 0.15) is 29.8 Å². The first kappa shape index (κ1) is 19.8. The van der Waals surface area contributed by atoms with Crippen LogP contribution in [0.15, 0.2) is 12.1 Å². The highest BCUT2D eigenvalue weighted by Gasteiger charge is 2.46. The molecule has 0 aromatic carbocycles. The monoisotopic (exact) mass is 409 g/mol. The van der Waals surface area contributed by atoms with Gasteiger partial charge in [0.15, 0.2) is 0 Å². The first-order chi connectivity index (χ1) is 13.7. The Morgan fingerprint density at radius 1 is 1.31 bits per heavy atom. The van der Waals surface area contributed by atoms with E-state index >= 15 is 0 Å². The smallest absolute Gasteiger partial charge is 0.282 e. The molecule has 4 rings (SSSR count). The number of nitrogens with one attached hydrogen (secondary N) is 1. The fourth-order valence-electron chi connectivity index (χ4n) is 3.72. The zero-order chi connectivity index (χ0) is 20.8. The number of nitrogens with two attached hydrogens (primary N) is 1. The average Bonchev–Trinajstić information content (AvgIpc) is 3.39. The maximum absolute atomic E-state index is 13.3. The number of ether oxygens (including phenoxy) is 1. The van der Waals surface area contributed by atoms with Crippen LogP contribution in [0.2, 0.25) is 0 Å². The highest BCUT2D eigenvalue weighted by molar-refractivity contribution is 5.98. The van der Waals surface area contributed by atoms with Crippen molar-refractivity contribution in [2.24, 2.45) is 11.7 Å². The molecule has 2 amide bonds. The van der Waals surface area contributed by atoms with Gasteiger partial charge in [0.25, 0.3) is 11.8 Å². The normalized spacial score (nSPS) is 26.1. The van der Waals surface area contributed by atoms with Crippen LogP contribution in [0, 0.1) is 5.92 Å². The number of nitrogens with zero attached hydrogens (tertiary/aromatic N) is 3. The van der Waals surface area contributed by atoms with Gasteiger partial charge >= 0.3 is 0 Å². The summed E-state index contributed by atoms with van der Waals surface area (Å²) in [6.07, 6.45) is 2.54. The number of primary amides is 1. The highest BCUT2D eigenvalue weighted by atomic mass is 19.3. The van der Waals surface area contributed by atoms with Crippen molar-refractivity contribution in [2.75, 3.05) is 44.7 Å². The number of hydrogen-bond donors (Lipinski definition) is 2. The second-order valence-electron chi connectivity index (χ2n) is 8.38. The molecule has 10 heteroatoms. The summed E-state index contributed by atoms with van der Waals surface area (Å²) in [5, 5.41) is 2.73. The topological polar surface area (TPSA) is 101 Å². The third-order valence-electron chi connectivity index (χ3n) is 5.70. The third kappa shape index (κ3) is 4.12. The van der Waals surface area contributed by atoms with Gasteiger partial charge in [0, 0.05) is 13.1 Å². The van der Waals surface area contributed by atoms with E-state index in [1.807, 2.05) is 11.9 Å². The minimum Gasteiger partial charge on any atom is -0.476 e. The molecule has 3 aliphatic rings. The van der Waals surface area contributed by atoms with Gasteiger partial charge in [-0.15, -0.1) is 0 Å². The van der Waals surface area contributed by atoms with E-state index in [4.69, 9.17) is 10.5 Å². The summed E-state index contributed by atoms with van der Waals surface area (Å²) in [7, 11) is 1.84. The van der Waals surface area contributed by atoms with Crippen molar-refractivity contribution in [3.63, 3.8) is 0 Å². The molecule has 3 fully saturated rings. The van der Waals surface area contributed by atoms with Crippen LogP contribution in [0.4, 0.5) is 14.5 Å². The van der Waals surface area contributed by atoms with Gasteiger partial charge < -0.3 is 25.6 Å². The first-order valence-corrected chi connectivity index (χ1v) is 9.75. The van der Waals surface area contributed by atoms with Gasteiger partial charge in [-0.25, -0.2) is 13.8 Å². The standard InChI is InChI=1S/C19H25F2N5O3/c1-25-7-6-18(9-25,17(22)28)24-15(27)13-4-5-14(26-10-19(20,21)11-26)16(23-13)29-8-12-2-3-12/h4-5,12H,2-3,6-11H2,1H3,(H2,22,28)(H,24,27). The molecule has 0 spiro atoms. The van der Waals surface area contributed by atoms with E-state index < -0.39 is 36.4 Å². The molecule has 1 unspecified atom stereocenters. The largest absolute Gasteiger partial charge is 0.476 e. The number of carbonyl (C=O) groups is 2. The van der Waals surface area contributed by atoms with E-state index in [-0.39, 0.29) is 11.6 Å². The molecule has 3 heterocycles. The molecule has 8 nitrogen and oxygen atoms in total. The van der Waals surface area contributed by atoms with Crippen molar-refractivity contribution in [3.8, 4) is 5.88 Å². The molecule has 0 radical (unpaired) electrons. The Labute approximate surface area is 167 Å². The molecule has 1 aromatic heterocycles. The molecule has 1 aromatic rings. The molecule has 1 atom stereocenters. The van der Waals surface area contributed by atoms with Gasteiger partial charge in [0.05, 0.1) is 19.7 Å². The van der Waals surface area contributed by atoms with Crippen molar-refractivity contribution in [3.05, 3.63) is 17.8 Å². The molecular formula is C19H25F2N5O3. The average molecular weight is 409 g/mol. The van der Waals surface area contributed by atoms with E-state index in [2.05, 4.69) is 10.3 Å². The van der Waals surface area contributed by atoms with Crippen molar-refractivity contribution in [2.45, 2.75) is 30.7 Å². The van der Waals surface area contributed by atoms with E-state index in [1.54, 1.807) is 6.07 Å². The zero-order valence-corrected chi connectivity index (χ0v) is 16.3. The van der Waals surface area contributed by atoms with Crippen LogP contribution < -0.4 is 20.7 Å². The number of hydrogen-bond acceptors (Lipinski definition) is 6. The molecule has 2 saturated heterocycles. The predicted octanol–water partition coefficient (Wildman–Crippen LogP) is 0.615. The van der Waals surface area contributed by atoms with Crippen molar-refractivity contribution >= 4 is 17.5 Å². The van der Waals surface area contributed by atoms with Crippen LogP contribution in [0.5, 0.6) is 5.88 Å². The molecular weight excluding hydrogens is 384 g/mol. The number of amides is 2. The van der Waals surface area contributed by atoms with Gasteiger partial charge in [0.2, 0.25) is 11.8 Å². The maximum atomic E-state index is 13.3. The number of likely N-dealkylation sites (tertiary alicyclic amines) is 1. The first-order valence-electron chi connectivity index (χ1n) is 9.75. The molecule has 29 heavy (non-hydrogen) atoms. The molecule has 0 bridgehead atoms. The minimum absolute atomic E-state index is 0.0574. The summed E-state index contributed by atoms with van der Waals surface area (Å²) in [6.45, 7) is 0.578. The van der Waals surface area contributed by atoms with E-state index in [1.165, 1.54) is 11.0 Å². The number of likely N-dealkylation sites (N-methyl/N-ethyl adjacent to an activating group) is 1. The van der Waals surface area contributed by atoms with Crippen LogP contribution in [-0.4, -0.2) is 73.0 Å². The summed E-state index contributed by atoms with van der Waals surface area (Å²) < 4.78 is 32.4. The Balaban J connectivity index is 1.54. The van der Waals surface area contributed by atoms with Crippen LogP contribution in [-0.2, 0) is 4.79 Å². The minimum atomic E-state index is -2.73. The number of alkyl halides is 2. The summed E-state index contributed by atoms with van der Waals surface area (Å²) >= 11 is 0. The van der Waals surface area contributed by atoms with Crippen LogP contribution in [0.3, 0.4) is 0 Å². The zero-order valence-electron chi connectivity index (χ0n) is 16.3. The number of halogens is 2. The Kier molecular flexibility index (Phi) is 4.84. The Morgan fingerprint density at radius 3 is 2.59 bits per heavy atom. The number of aromatic nitrogens is 1. The lowest BCUT2D eigenvalue weighted by atomic mass is 9.97. The van der Waals surface area contributed by atoms with Gasteiger partial charge in [-0.2, -0.15) is 0 Å². The van der Waals surface area contributed by atoms with Gasteiger partial charge in [0.1, 0.15) is 16.9 Å². The third-order valence-corrected chi connectivity index (χ3v) is 5.70. The molecule has 3 N–H and O–H groups in total. The molecule has 1 saturated carbocycles. The number of pyridine rings is 1. The molecule has 1 aliphatic carbocycles. The second-order valence-corrected chi connectivity index (χ2v) is 8.38. The summed E-state index contributed by atoms with van der Waals surface area (Å²) in [5.41, 5.74) is 4.90. The van der Waals surface area contributed by atoms with Crippen molar-refractivity contribution in [1.29, 1.82) is 0 Å².